The van der Waals surface area contributed by atoms with E-state index in [-0.39, 0.29) is 42.3 Å². The van der Waals surface area contributed by atoms with Crippen molar-refractivity contribution in [3.05, 3.63) is 47.8 Å². The number of anilines is 2. The van der Waals surface area contributed by atoms with Gasteiger partial charge >= 0.3 is 18.2 Å². The Balaban J connectivity index is 0.000000673. The summed E-state index contributed by atoms with van der Waals surface area (Å²) in [4.78, 5) is 21.5. The van der Waals surface area contributed by atoms with Crippen LogP contribution in [-0.2, 0) is 30.5 Å². The van der Waals surface area contributed by atoms with Crippen molar-refractivity contribution in [2.24, 2.45) is 0 Å². The molecular weight excluding hydrogens is 548 g/mol. The molecule has 0 bridgehead atoms. The average Bonchev–Trinajstić information content (AvgIpc) is 2.82. The number of nitrogens with one attached hydrogen (secondary N) is 1. The summed E-state index contributed by atoms with van der Waals surface area (Å²) in [5.74, 6) is -1.56. The Bertz CT molecular complexity index is 1290. The van der Waals surface area contributed by atoms with Gasteiger partial charge in [0.15, 0.2) is 0 Å². The minimum atomic E-state index is -5.07. The number of sulfonamides is 1. The lowest BCUT2D eigenvalue weighted by atomic mass is 10.2. The van der Waals surface area contributed by atoms with Gasteiger partial charge in [0.25, 0.3) is 10.0 Å². The Hall–Kier alpha value is -3.55. The fourth-order valence-corrected chi connectivity index (χ4v) is 4.69. The number of fused-ring (bicyclic) bond motifs is 1. The first-order valence-corrected chi connectivity index (χ1v) is 13.3. The van der Waals surface area contributed by atoms with Gasteiger partial charge in [-0.25, -0.2) is 17.6 Å². The van der Waals surface area contributed by atoms with E-state index in [1.54, 1.807) is 34.6 Å². The number of halogens is 4. The summed E-state index contributed by atoms with van der Waals surface area (Å²) < 4.78 is 95.1. The molecule has 0 spiro atoms. The Morgan fingerprint density at radius 1 is 1.08 bits per heavy atom. The van der Waals surface area contributed by atoms with Gasteiger partial charge in [-0.05, 0) is 64.1 Å². The van der Waals surface area contributed by atoms with Crippen LogP contribution in [0.1, 0.15) is 46.6 Å². The summed E-state index contributed by atoms with van der Waals surface area (Å²) in [6.07, 6.45) is -5.37. The number of carbonyl (C=O) groups is 2. The Labute approximate surface area is 224 Å². The molecule has 0 saturated heterocycles. The van der Waals surface area contributed by atoms with Crippen LogP contribution in [-0.4, -0.2) is 45.8 Å². The van der Waals surface area contributed by atoms with Gasteiger partial charge in [-0.15, -0.1) is 0 Å². The second-order valence-corrected chi connectivity index (χ2v) is 10.9. The topological polar surface area (TPSA) is 111 Å². The van der Waals surface area contributed by atoms with Crippen molar-refractivity contribution in [1.82, 2.24) is 0 Å². The van der Waals surface area contributed by atoms with Crippen molar-refractivity contribution in [2.45, 2.75) is 57.7 Å². The SMILES string of the molecule is CC(C)(C)OC(=O)Nc1ccc2c(c1)N(S(=O)(=O)c1ccc(F)c(C(F)(F)F)c1)CCO2.CCOC(=O)CC. The molecule has 1 N–H and O–H groups in total. The monoisotopic (exact) mass is 578 g/mol. The highest BCUT2D eigenvalue weighted by Crippen LogP contribution is 2.39. The second-order valence-electron chi connectivity index (χ2n) is 9.03. The Morgan fingerprint density at radius 2 is 1.74 bits per heavy atom. The molecule has 0 fully saturated rings. The van der Waals surface area contributed by atoms with Crippen LogP contribution < -0.4 is 14.4 Å². The number of amides is 1. The molecule has 39 heavy (non-hydrogen) atoms. The van der Waals surface area contributed by atoms with Gasteiger partial charge in [0.05, 0.1) is 29.3 Å². The normalized spacial score (nSPS) is 13.3. The van der Waals surface area contributed by atoms with E-state index < -0.39 is 44.2 Å². The van der Waals surface area contributed by atoms with Crippen molar-refractivity contribution in [1.29, 1.82) is 0 Å². The van der Waals surface area contributed by atoms with Gasteiger partial charge in [0, 0.05) is 12.1 Å². The van der Waals surface area contributed by atoms with Crippen LogP contribution in [0.5, 0.6) is 5.75 Å². The zero-order valence-corrected chi connectivity index (χ0v) is 22.8. The largest absolute Gasteiger partial charge is 0.489 e. The standard InChI is InChI=1S/C20H20F4N2O5S.C5H10O2/c1-19(2,3)31-18(27)25-12-4-7-17-16(10-12)26(8-9-30-17)32(28,29)13-5-6-15(21)14(11-13)20(22,23)24;1-3-5(6)7-4-2/h4-7,10-11H,8-9H2,1-3H3,(H,25,27);3-4H2,1-2H3. The van der Waals surface area contributed by atoms with Crippen LogP contribution in [0.3, 0.4) is 0 Å². The van der Waals surface area contributed by atoms with Crippen LogP contribution in [0.4, 0.5) is 33.7 Å². The summed E-state index contributed by atoms with van der Waals surface area (Å²) >= 11 is 0. The number of alkyl halides is 3. The van der Waals surface area contributed by atoms with Crippen molar-refractivity contribution in [3.8, 4) is 5.75 Å². The lowest BCUT2D eigenvalue weighted by molar-refractivity contribution is -0.142. The van der Waals surface area contributed by atoms with E-state index in [0.29, 0.717) is 19.1 Å². The number of rotatable bonds is 5. The lowest BCUT2D eigenvalue weighted by Crippen LogP contribution is -2.38. The Morgan fingerprint density at radius 3 is 2.28 bits per heavy atom. The van der Waals surface area contributed by atoms with Crippen LogP contribution in [0, 0.1) is 5.82 Å². The summed E-state index contributed by atoms with van der Waals surface area (Å²) in [5, 5.41) is 2.46. The molecule has 2 aromatic carbocycles. The number of carbonyl (C=O) groups excluding carboxylic acids is 2. The van der Waals surface area contributed by atoms with Crippen LogP contribution >= 0.6 is 0 Å². The maximum absolute atomic E-state index is 13.6. The highest BCUT2D eigenvalue weighted by molar-refractivity contribution is 7.92. The van der Waals surface area contributed by atoms with Gasteiger partial charge in [0.2, 0.25) is 0 Å². The highest BCUT2D eigenvalue weighted by atomic mass is 32.2. The molecule has 2 aromatic rings. The molecule has 0 atom stereocenters. The number of hydrogen-bond donors (Lipinski definition) is 1. The molecule has 1 heterocycles. The Kier molecular flexibility index (Phi) is 10.2. The van der Waals surface area contributed by atoms with E-state index in [9.17, 15) is 35.6 Å². The molecule has 9 nitrogen and oxygen atoms in total. The predicted molar refractivity (Wildman–Crippen MR) is 135 cm³/mol. The van der Waals surface area contributed by atoms with Crippen LogP contribution in [0.15, 0.2) is 41.3 Å². The molecule has 1 aliphatic heterocycles. The number of esters is 1. The predicted octanol–water partition coefficient (Wildman–Crippen LogP) is 5.74. The molecular formula is C25H30F4N2O7S. The van der Waals surface area contributed by atoms with Gasteiger partial charge in [-0.1, -0.05) is 6.92 Å². The minimum Gasteiger partial charge on any atom is -0.489 e. The van der Waals surface area contributed by atoms with Crippen molar-refractivity contribution in [3.63, 3.8) is 0 Å². The number of ether oxygens (including phenoxy) is 3. The zero-order chi connectivity index (χ0) is 29.6. The van der Waals surface area contributed by atoms with E-state index in [1.165, 1.54) is 18.2 Å². The number of nitrogens with zero attached hydrogens (tertiary/aromatic N) is 1. The number of hydrogen-bond acceptors (Lipinski definition) is 7. The van der Waals surface area contributed by atoms with E-state index >= 15 is 0 Å². The van der Waals surface area contributed by atoms with Crippen molar-refractivity contribution in [2.75, 3.05) is 29.4 Å². The second kappa shape index (κ2) is 12.5. The van der Waals surface area contributed by atoms with Crippen molar-refractivity contribution < 1.29 is 49.8 Å². The summed E-state index contributed by atoms with van der Waals surface area (Å²) in [5.41, 5.74) is -2.27. The van der Waals surface area contributed by atoms with Gasteiger partial charge in [-0.2, -0.15) is 13.2 Å². The summed E-state index contributed by atoms with van der Waals surface area (Å²) in [6, 6.07) is 5.64. The molecule has 0 unspecified atom stereocenters. The first-order chi connectivity index (χ1) is 18.0. The quantitative estimate of drug-likeness (QED) is 0.356. The molecule has 14 heteroatoms. The van der Waals surface area contributed by atoms with E-state index in [1.807, 2.05) is 0 Å². The summed E-state index contributed by atoms with van der Waals surface area (Å²) in [7, 11) is -4.51. The maximum atomic E-state index is 13.6. The fourth-order valence-electron chi connectivity index (χ4n) is 3.21. The fraction of sp³-hybridized carbons (Fsp3) is 0.440. The van der Waals surface area contributed by atoms with Crippen LogP contribution in [0.2, 0.25) is 0 Å². The minimum absolute atomic E-state index is 0.00249. The zero-order valence-electron chi connectivity index (χ0n) is 22.0. The van der Waals surface area contributed by atoms with Gasteiger partial charge < -0.3 is 14.2 Å². The number of benzene rings is 2. The van der Waals surface area contributed by atoms with E-state index in [2.05, 4.69) is 10.1 Å². The highest BCUT2D eigenvalue weighted by Gasteiger charge is 2.37. The van der Waals surface area contributed by atoms with Gasteiger partial charge in [0.1, 0.15) is 23.8 Å². The first-order valence-electron chi connectivity index (χ1n) is 11.8. The molecule has 1 aliphatic rings. The lowest BCUT2D eigenvalue weighted by Gasteiger charge is -2.31. The maximum Gasteiger partial charge on any atom is 0.419 e. The third-order valence-corrected chi connectivity index (χ3v) is 6.66. The smallest absolute Gasteiger partial charge is 0.419 e. The third-order valence-electron chi connectivity index (χ3n) is 4.85. The molecule has 0 aromatic heterocycles. The third kappa shape index (κ3) is 8.73. The average molecular weight is 579 g/mol. The van der Waals surface area contributed by atoms with Crippen LogP contribution in [0.25, 0.3) is 0 Å². The first kappa shape index (κ1) is 31.7. The van der Waals surface area contributed by atoms with E-state index in [4.69, 9.17) is 9.47 Å². The molecule has 0 radical (unpaired) electrons. The molecule has 0 aliphatic carbocycles. The van der Waals surface area contributed by atoms with E-state index in [0.717, 1.165) is 10.4 Å². The molecule has 216 valence electrons. The van der Waals surface area contributed by atoms with Gasteiger partial charge in [-0.3, -0.25) is 14.4 Å². The molecule has 0 saturated carbocycles. The molecule has 3 rings (SSSR count). The summed E-state index contributed by atoms with van der Waals surface area (Å²) in [6.45, 7) is 8.80. The van der Waals surface area contributed by atoms with Crippen molar-refractivity contribution >= 4 is 33.5 Å². The molecule has 1 amide bonds.